The van der Waals surface area contributed by atoms with Crippen molar-refractivity contribution in [1.82, 2.24) is 19.5 Å². The van der Waals surface area contributed by atoms with Gasteiger partial charge in [0.15, 0.2) is 4.90 Å². The molecular formula is C11H12F2N4O2S. The van der Waals surface area contributed by atoms with E-state index < -0.39 is 26.6 Å². The van der Waals surface area contributed by atoms with Crippen molar-refractivity contribution in [2.45, 2.75) is 24.9 Å². The second kappa shape index (κ2) is 5.63. The second-order valence-corrected chi connectivity index (χ2v) is 5.61. The predicted molar refractivity (Wildman–Crippen MR) is 66.1 cm³/mol. The minimum atomic E-state index is -4.30. The number of hydrogen-bond acceptors (Lipinski definition) is 4. The van der Waals surface area contributed by atoms with E-state index in [4.69, 9.17) is 0 Å². The second-order valence-electron chi connectivity index (χ2n) is 3.91. The van der Waals surface area contributed by atoms with Crippen LogP contribution in [0.25, 0.3) is 0 Å². The first kappa shape index (κ1) is 14.5. The molecule has 1 N–H and O–H groups in total. The van der Waals surface area contributed by atoms with Gasteiger partial charge in [-0.1, -0.05) is 6.07 Å². The molecule has 0 aliphatic heterocycles. The van der Waals surface area contributed by atoms with Gasteiger partial charge in [-0.05, 0) is 19.1 Å². The summed E-state index contributed by atoms with van der Waals surface area (Å²) in [5.41, 5.74) is 0. The third kappa shape index (κ3) is 2.83. The van der Waals surface area contributed by atoms with Crippen LogP contribution >= 0.6 is 0 Å². The molecule has 20 heavy (non-hydrogen) atoms. The van der Waals surface area contributed by atoms with Gasteiger partial charge in [0.25, 0.3) is 0 Å². The summed E-state index contributed by atoms with van der Waals surface area (Å²) in [5.74, 6) is -1.93. The summed E-state index contributed by atoms with van der Waals surface area (Å²) in [6.07, 6.45) is 1.44. The predicted octanol–water partition coefficient (Wildman–Crippen LogP) is 1.05. The van der Waals surface area contributed by atoms with Gasteiger partial charge >= 0.3 is 0 Å². The van der Waals surface area contributed by atoms with Crippen LogP contribution in [0.3, 0.4) is 0 Å². The Bertz CT molecular complexity index is 695. The van der Waals surface area contributed by atoms with Crippen molar-refractivity contribution < 1.29 is 17.2 Å². The fourth-order valence-corrected chi connectivity index (χ4v) is 2.76. The first-order chi connectivity index (χ1) is 9.45. The van der Waals surface area contributed by atoms with E-state index in [1.54, 1.807) is 4.57 Å². The lowest BCUT2D eigenvalue weighted by Crippen LogP contribution is -2.26. The maximum atomic E-state index is 13.5. The highest BCUT2D eigenvalue weighted by Crippen LogP contribution is 2.18. The van der Waals surface area contributed by atoms with Crippen LogP contribution in [0.15, 0.2) is 29.4 Å². The summed E-state index contributed by atoms with van der Waals surface area (Å²) >= 11 is 0. The summed E-state index contributed by atoms with van der Waals surface area (Å²) < 4.78 is 54.5. The van der Waals surface area contributed by atoms with Crippen LogP contribution in [0.2, 0.25) is 0 Å². The Labute approximate surface area is 114 Å². The minimum absolute atomic E-state index is 0.204. The van der Waals surface area contributed by atoms with E-state index in [0.717, 1.165) is 18.2 Å². The summed E-state index contributed by atoms with van der Waals surface area (Å²) in [7, 11) is -4.30. The van der Waals surface area contributed by atoms with Crippen LogP contribution in [0.1, 0.15) is 12.7 Å². The molecule has 0 aliphatic rings. The van der Waals surface area contributed by atoms with E-state index in [1.165, 1.54) is 6.33 Å². The fourth-order valence-electron chi connectivity index (χ4n) is 1.65. The molecule has 0 saturated heterocycles. The molecule has 0 unspecified atom stereocenters. The zero-order valence-corrected chi connectivity index (χ0v) is 11.4. The Morgan fingerprint density at radius 1 is 1.30 bits per heavy atom. The average molecular weight is 302 g/mol. The highest BCUT2D eigenvalue weighted by atomic mass is 32.2. The zero-order valence-electron chi connectivity index (χ0n) is 10.5. The van der Waals surface area contributed by atoms with Crippen LogP contribution in [-0.2, 0) is 23.1 Å². The van der Waals surface area contributed by atoms with Crippen LogP contribution in [0, 0.1) is 11.6 Å². The molecule has 0 aliphatic carbocycles. The van der Waals surface area contributed by atoms with E-state index in [0.29, 0.717) is 12.4 Å². The Balaban J connectivity index is 2.24. The molecule has 0 bridgehead atoms. The molecule has 0 atom stereocenters. The van der Waals surface area contributed by atoms with Crippen molar-refractivity contribution in [1.29, 1.82) is 0 Å². The summed E-state index contributed by atoms with van der Waals surface area (Å²) in [5, 5.41) is 7.36. The van der Waals surface area contributed by atoms with Crippen molar-refractivity contribution in [3.63, 3.8) is 0 Å². The van der Waals surface area contributed by atoms with Crippen molar-refractivity contribution >= 4 is 10.0 Å². The monoisotopic (exact) mass is 302 g/mol. The van der Waals surface area contributed by atoms with Gasteiger partial charge in [0, 0.05) is 6.54 Å². The first-order valence-electron chi connectivity index (χ1n) is 5.76. The molecular weight excluding hydrogens is 290 g/mol. The van der Waals surface area contributed by atoms with Crippen LogP contribution < -0.4 is 4.72 Å². The Hall–Kier alpha value is -1.87. The maximum Gasteiger partial charge on any atom is 0.246 e. The highest BCUT2D eigenvalue weighted by molar-refractivity contribution is 7.89. The average Bonchev–Trinajstić information content (AvgIpc) is 2.83. The maximum absolute atomic E-state index is 13.5. The van der Waals surface area contributed by atoms with Crippen molar-refractivity contribution in [2.75, 3.05) is 0 Å². The molecule has 1 aromatic heterocycles. The minimum Gasteiger partial charge on any atom is -0.317 e. The number of benzene rings is 1. The van der Waals surface area contributed by atoms with E-state index in [9.17, 15) is 17.2 Å². The number of rotatable bonds is 5. The normalized spacial score (nSPS) is 11.8. The van der Waals surface area contributed by atoms with Gasteiger partial charge in [-0.15, -0.1) is 10.2 Å². The Morgan fingerprint density at radius 2 is 1.95 bits per heavy atom. The number of hydrogen-bond donors (Lipinski definition) is 1. The molecule has 0 fully saturated rings. The molecule has 6 nitrogen and oxygen atoms in total. The molecule has 1 heterocycles. The molecule has 108 valence electrons. The van der Waals surface area contributed by atoms with Crippen molar-refractivity contribution in [3.8, 4) is 0 Å². The largest absolute Gasteiger partial charge is 0.317 e. The summed E-state index contributed by atoms with van der Waals surface area (Å²) in [4.78, 5) is -0.998. The number of nitrogens with zero attached hydrogens (tertiary/aromatic N) is 3. The van der Waals surface area contributed by atoms with Crippen molar-refractivity contribution in [3.05, 3.63) is 42.0 Å². The topological polar surface area (TPSA) is 76.9 Å². The number of aromatic nitrogens is 3. The lowest BCUT2D eigenvalue weighted by atomic mass is 10.3. The standard InChI is InChI=1S/C11H12F2N4O2S/c1-2-17-7-14-16-10(17)6-15-20(18,19)11-8(12)4-3-5-9(11)13/h3-5,7,15H,2,6H2,1H3. The molecule has 9 heteroatoms. The van der Waals surface area contributed by atoms with Gasteiger partial charge in [0.2, 0.25) is 10.0 Å². The summed E-state index contributed by atoms with van der Waals surface area (Å²) in [6, 6.07) is 2.86. The third-order valence-electron chi connectivity index (χ3n) is 2.64. The molecule has 0 radical (unpaired) electrons. The smallest absolute Gasteiger partial charge is 0.246 e. The lowest BCUT2D eigenvalue weighted by Gasteiger charge is -2.08. The molecule has 2 rings (SSSR count). The quantitative estimate of drug-likeness (QED) is 0.896. The SMILES string of the molecule is CCn1cnnc1CNS(=O)(=O)c1c(F)cccc1F. The number of sulfonamides is 1. The van der Waals surface area contributed by atoms with Gasteiger partial charge in [0.1, 0.15) is 23.8 Å². The molecule has 0 saturated carbocycles. The van der Waals surface area contributed by atoms with E-state index in [-0.39, 0.29) is 6.54 Å². The van der Waals surface area contributed by atoms with Gasteiger partial charge in [-0.25, -0.2) is 21.9 Å². The number of nitrogens with one attached hydrogen (secondary N) is 1. The zero-order chi connectivity index (χ0) is 14.8. The fraction of sp³-hybridized carbons (Fsp3) is 0.273. The van der Waals surface area contributed by atoms with Crippen molar-refractivity contribution in [2.24, 2.45) is 0 Å². The Kier molecular flexibility index (Phi) is 4.09. The number of halogens is 2. The molecule has 2 aromatic rings. The highest BCUT2D eigenvalue weighted by Gasteiger charge is 2.23. The van der Waals surface area contributed by atoms with Gasteiger partial charge < -0.3 is 4.57 Å². The van der Waals surface area contributed by atoms with E-state index >= 15 is 0 Å². The van der Waals surface area contributed by atoms with Crippen LogP contribution in [0.5, 0.6) is 0 Å². The first-order valence-corrected chi connectivity index (χ1v) is 7.24. The van der Waals surface area contributed by atoms with Gasteiger partial charge in [-0.2, -0.15) is 0 Å². The molecule has 1 aromatic carbocycles. The van der Waals surface area contributed by atoms with E-state index in [1.807, 2.05) is 6.92 Å². The summed E-state index contributed by atoms with van der Waals surface area (Å²) in [6.45, 7) is 2.18. The third-order valence-corrected chi connectivity index (χ3v) is 4.10. The van der Waals surface area contributed by atoms with E-state index in [2.05, 4.69) is 14.9 Å². The molecule has 0 spiro atoms. The molecule has 0 amide bonds. The van der Waals surface area contributed by atoms with Crippen LogP contribution in [-0.4, -0.2) is 23.2 Å². The Morgan fingerprint density at radius 3 is 2.55 bits per heavy atom. The van der Waals surface area contributed by atoms with Gasteiger partial charge in [0.05, 0.1) is 6.54 Å². The van der Waals surface area contributed by atoms with Crippen LogP contribution in [0.4, 0.5) is 8.78 Å². The van der Waals surface area contributed by atoms with Gasteiger partial charge in [-0.3, -0.25) is 0 Å². The number of aryl methyl sites for hydroxylation is 1. The lowest BCUT2D eigenvalue weighted by molar-refractivity contribution is 0.512.